The van der Waals surface area contributed by atoms with E-state index in [4.69, 9.17) is 4.74 Å². The van der Waals surface area contributed by atoms with Crippen LogP contribution in [-0.4, -0.2) is 48.6 Å². The van der Waals surface area contributed by atoms with Gasteiger partial charge in [-0.2, -0.15) is 13.2 Å². The first-order valence-corrected chi connectivity index (χ1v) is 9.07. The van der Waals surface area contributed by atoms with E-state index in [-0.39, 0.29) is 18.3 Å². The molecule has 2 heterocycles. The van der Waals surface area contributed by atoms with Gasteiger partial charge in [-0.25, -0.2) is 4.98 Å². The molecule has 0 atom stereocenters. The highest BCUT2D eigenvalue weighted by atomic mass is 79.9. The molecule has 5 nitrogen and oxygen atoms in total. The molecule has 1 saturated heterocycles. The summed E-state index contributed by atoms with van der Waals surface area (Å²) in [7, 11) is 0. The van der Waals surface area contributed by atoms with Crippen LogP contribution in [0.2, 0.25) is 0 Å². The largest absolute Gasteiger partial charge is 0.484 e. The van der Waals surface area contributed by atoms with Crippen molar-refractivity contribution in [3.8, 4) is 5.75 Å². The maximum absolute atomic E-state index is 12.8. The molecule has 0 bridgehead atoms. The Morgan fingerprint density at radius 3 is 2.37 bits per heavy atom. The summed E-state index contributed by atoms with van der Waals surface area (Å²) >= 11 is 3.33. The zero-order valence-electron chi connectivity index (χ0n) is 14.2. The average Bonchev–Trinajstić information content (AvgIpc) is 2.67. The second-order valence-electron chi connectivity index (χ2n) is 5.99. The minimum atomic E-state index is -4.47. The van der Waals surface area contributed by atoms with Crippen molar-refractivity contribution in [2.24, 2.45) is 0 Å². The molecule has 0 radical (unpaired) electrons. The highest BCUT2D eigenvalue weighted by molar-refractivity contribution is 9.10. The van der Waals surface area contributed by atoms with Crippen LogP contribution in [0.5, 0.6) is 5.75 Å². The number of piperazine rings is 1. The van der Waals surface area contributed by atoms with Gasteiger partial charge in [-0.05, 0) is 36.4 Å². The third-order valence-corrected chi connectivity index (χ3v) is 4.69. The van der Waals surface area contributed by atoms with Gasteiger partial charge in [0.2, 0.25) is 0 Å². The number of alkyl halides is 3. The molecule has 0 spiro atoms. The summed E-state index contributed by atoms with van der Waals surface area (Å²) in [6, 6.07) is 11.0. The van der Waals surface area contributed by atoms with Gasteiger partial charge in [0.05, 0.1) is 0 Å². The number of amides is 1. The van der Waals surface area contributed by atoms with Crippen molar-refractivity contribution in [1.29, 1.82) is 0 Å². The van der Waals surface area contributed by atoms with Crippen LogP contribution in [-0.2, 0) is 11.0 Å². The van der Waals surface area contributed by atoms with Crippen molar-refractivity contribution >= 4 is 27.7 Å². The van der Waals surface area contributed by atoms with Crippen molar-refractivity contribution in [2.45, 2.75) is 6.18 Å². The minimum Gasteiger partial charge on any atom is -0.484 e. The number of rotatable bonds is 4. The van der Waals surface area contributed by atoms with Crippen molar-refractivity contribution in [2.75, 3.05) is 37.7 Å². The van der Waals surface area contributed by atoms with Crippen molar-refractivity contribution < 1.29 is 22.7 Å². The fraction of sp³-hybridized carbons (Fsp3) is 0.333. The number of benzene rings is 1. The lowest BCUT2D eigenvalue weighted by atomic mass is 10.2. The number of ether oxygens (including phenoxy) is 1. The summed E-state index contributed by atoms with van der Waals surface area (Å²) in [5, 5.41) is 0. The van der Waals surface area contributed by atoms with E-state index in [2.05, 4.69) is 20.9 Å². The van der Waals surface area contributed by atoms with Crippen LogP contribution in [0.3, 0.4) is 0 Å². The first kappa shape index (κ1) is 19.5. The Labute approximate surface area is 162 Å². The van der Waals surface area contributed by atoms with Crippen LogP contribution < -0.4 is 9.64 Å². The highest BCUT2D eigenvalue weighted by Gasteiger charge is 2.33. The Balaban J connectivity index is 1.52. The lowest BCUT2D eigenvalue weighted by molar-refractivity contribution is -0.141. The zero-order valence-corrected chi connectivity index (χ0v) is 15.8. The molecule has 1 aromatic heterocycles. The molecule has 2 aromatic rings. The molecule has 0 saturated carbocycles. The summed E-state index contributed by atoms with van der Waals surface area (Å²) in [5.74, 6) is 0.705. The fourth-order valence-corrected chi connectivity index (χ4v) is 2.97. The quantitative estimate of drug-likeness (QED) is 0.724. The molecule has 1 aliphatic heterocycles. The van der Waals surface area contributed by atoms with Crippen LogP contribution in [0.25, 0.3) is 0 Å². The molecule has 144 valence electrons. The summed E-state index contributed by atoms with van der Waals surface area (Å²) in [5.41, 5.74) is -0.915. The van der Waals surface area contributed by atoms with Gasteiger partial charge in [0.25, 0.3) is 5.91 Å². The van der Waals surface area contributed by atoms with E-state index in [9.17, 15) is 18.0 Å². The van der Waals surface area contributed by atoms with Crippen LogP contribution in [0, 0.1) is 0 Å². The van der Waals surface area contributed by atoms with Gasteiger partial charge in [-0.3, -0.25) is 4.79 Å². The van der Waals surface area contributed by atoms with Crippen molar-refractivity contribution in [1.82, 2.24) is 9.88 Å². The second-order valence-corrected chi connectivity index (χ2v) is 6.90. The van der Waals surface area contributed by atoms with Crippen LogP contribution in [0.1, 0.15) is 5.69 Å². The molecule has 9 heteroatoms. The number of halogens is 4. The number of nitrogens with zero attached hydrogens (tertiary/aromatic N) is 3. The van der Waals surface area contributed by atoms with Crippen LogP contribution in [0.15, 0.2) is 46.9 Å². The number of pyridine rings is 1. The third-order valence-electron chi connectivity index (χ3n) is 4.16. The highest BCUT2D eigenvalue weighted by Crippen LogP contribution is 2.29. The Kier molecular flexibility index (Phi) is 5.88. The Morgan fingerprint density at radius 2 is 1.74 bits per heavy atom. The average molecular weight is 444 g/mol. The third kappa shape index (κ3) is 5.12. The molecule has 27 heavy (non-hydrogen) atoms. The van der Waals surface area contributed by atoms with E-state index in [1.807, 2.05) is 12.1 Å². The van der Waals surface area contributed by atoms with E-state index in [0.29, 0.717) is 31.9 Å². The SMILES string of the molecule is O=C(COc1ccc(Br)cc1)N1CCN(c2cccc(C(F)(F)F)n2)CC1. The predicted octanol–water partition coefficient (Wildman–Crippen LogP) is 3.59. The molecular weight excluding hydrogens is 427 g/mol. The molecule has 0 unspecified atom stereocenters. The van der Waals surface area contributed by atoms with E-state index >= 15 is 0 Å². The fourth-order valence-electron chi connectivity index (χ4n) is 2.71. The standard InChI is InChI=1S/C18H17BrF3N3O2/c19-13-4-6-14(7-5-13)27-12-17(26)25-10-8-24(9-11-25)16-3-1-2-15(23-16)18(20,21)22/h1-7H,8-12H2. The summed E-state index contributed by atoms with van der Waals surface area (Å²) < 4.78 is 44.8. The van der Waals surface area contributed by atoms with Crippen molar-refractivity contribution in [3.63, 3.8) is 0 Å². The van der Waals surface area contributed by atoms with Gasteiger partial charge in [0.15, 0.2) is 6.61 Å². The number of hydrogen-bond donors (Lipinski definition) is 0. The molecule has 1 aliphatic rings. The predicted molar refractivity (Wildman–Crippen MR) is 97.7 cm³/mol. The minimum absolute atomic E-state index is 0.0799. The normalized spacial score (nSPS) is 15.0. The Morgan fingerprint density at radius 1 is 1.07 bits per heavy atom. The molecule has 1 aromatic carbocycles. The van der Waals surface area contributed by atoms with Gasteiger partial charge in [-0.1, -0.05) is 22.0 Å². The maximum atomic E-state index is 12.8. The lowest BCUT2D eigenvalue weighted by Gasteiger charge is -2.35. The van der Waals surface area contributed by atoms with E-state index in [0.717, 1.165) is 10.5 Å². The van der Waals surface area contributed by atoms with Crippen molar-refractivity contribution in [3.05, 3.63) is 52.6 Å². The molecule has 0 aliphatic carbocycles. The van der Waals surface area contributed by atoms with E-state index in [1.54, 1.807) is 28.0 Å². The second kappa shape index (κ2) is 8.16. The molecular formula is C18H17BrF3N3O2. The molecule has 3 rings (SSSR count). The van der Waals surface area contributed by atoms with E-state index in [1.165, 1.54) is 6.07 Å². The van der Waals surface area contributed by atoms with Crippen LogP contribution >= 0.6 is 15.9 Å². The molecule has 1 amide bonds. The van der Waals surface area contributed by atoms with Gasteiger partial charge in [0.1, 0.15) is 17.3 Å². The molecule has 1 fully saturated rings. The monoisotopic (exact) mass is 443 g/mol. The number of aromatic nitrogens is 1. The first-order valence-electron chi connectivity index (χ1n) is 8.28. The maximum Gasteiger partial charge on any atom is 0.433 e. The lowest BCUT2D eigenvalue weighted by Crippen LogP contribution is -2.50. The number of anilines is 1. The summed E-state index contributed by atoms with van der Waals surface area (Å²) in [6.45, 7) is 1.56. The number of carbonyl (C=O) groups excluding carboxylic acids is 1. The van der Waals surface area contributed by atoms with E-state index < -0.39 is 11.9 Å². The molecule has 0 N–H and O–H groups in total. The first-order chi connectivity index (χ1) is 12.8. The Hall–Kier alpha value is -2.29. The number of carbonyl (C=O) groups is 1. The Bertz CT molecular complexity index is 791. The smallest absolute Gasteiger partial charge is 0.433 e. The number of hydrogen-bond acceptors (Lipinski definition) is 4. The topological polar surface area (TPSA) is 45.7 Å². The van der Waals surface area contributed by atoms with Gasteiger partial charge in [0, 0.05) is 30.7 Å². The summed E-state index contributed by atoms with van der Waals surface area (Å²) in [6.07, 6.45) is -4.47. The zero-order chi connectivity index (χ0) is 19.4. The summed E-state index contributed by atoms with van der Waals surface area (Å²) in [4.78, 5) is 19.4. The van der Waals surface area contributed by atoms with Gasteiger partial charge >= 0.3 is 6.18 Å². The van der Waals surface area contributed by atoms with Gasteiger partial charge < -0.3 is 14.5 Å². The van der Waals surface area contributed by atoms with Gasteiger partial charge in [-0.15, -0.1) is 0 Å². The van der Waals surface area contributed by atoms with Crippen LogP contribution in [0.4, 0.5) is 19.0 Å².